The maximum absolute atomic E-state index is 13.9. The van der Waals surface area contributed by atoms with Gasteiger partial charge in [0.2, 0.25) is 5.91 Å². The number of rotatable bonds is 12. The predicted molar refractivity (Wildman–Crippen MR) is 210 cm³/mol. The van der Waals surface area contributed by atoms with Gasteiger partial charge in [0.25, 0.3) is 5.91 Å². The smallest absolute Gasteiger partial charge is 0.413 e. The van der Waals surface area contributed by atoms with Crippen molar-refractivity contribution in [2.75, 3.05) is 5.32 Å². The molecule has 3 aromatic carbocycles. The Balaban J connectivity index is 1.18. The van der Waals surface area contributed by atoms with Crippen LogP contribution in [-0.2, 0) is 40.0 Å². The zero-order chi connectivity index (χ0) is 39.1. The molecule has 1 fully saturated rings. The molecule has 3 atom stereocenters. The molecule has 0 saturated carbocycles. The summed E-state index contributed by atoms with van der Waals surface area (Å²) in [5.41, 5.74) is 1.62. The number of anilines is 1. The quantitative estimate of drug-likeness (QED) is 0.0652. The normalized spacial score (nSPS) is 18.0. The highest BCUT2D eigenvalue weighted by atomic mass is 35.5. The van der Waals surface area contributed by atoms with Crippen molar-refractivity contribution in [1.82, 2.24) is 15.2 Å². The minimum Gasteiger partial charge on any atom is -0.461 e. The Morgan fingerprint density at radius 2 is 1.56 bits per heavy atom. The van der Waals surface area contributed by atoms with E-state index in [2.05, 4.69) is 15.6 Å². The largest absolute Gasteiger partial charge is 0.461 e. The second-order valence-corrected chi connectivity index (χ2v) is 15.7. The van der Waals surface area contributed by atoms with Crippen molar-refractivity contribution >= 4 is 75.3 Å². The first kappa shape index (κ1) is 39.3. The van der Waals surface area contributed by atoms with Crippen LogP contribution in [-0.4, -0.2) is 62.8 Å². The zero-order valence-electron chi connectivity index (χ0n) is 30.0. The average Bonchev–Trinajstić information content (AvgIpc) is 3.62. The number of β-lactam (4-membered cyclic amide) rings is 1. The van der Waals surface area contributed by atoms with E-state index in [9.17, 15) is 24.0 Å². The van der Waals surface area contributed by atoms with Gasteiger partial charge in [-0.25, -0.2) is 14.6 Å². The standard InChI is InChI=1S/C40H37ClN4O8S2/c1-40(2,3)53-39(50)44-38-42-29(23-55-38)27(19-20-30(46)51-21-24-13-7-4-8-14-24)34(47)43-31-35(48)45-32(28(41)22-54-36(31)45)37(49)52-33(25-15-9-5-10-16-25)26-17-11-6-12-18-26/h4-19,22-23,31-33,36H,20-21H2,1-3H3,(H,43,47)(H,42,44,50)/b27-19+/t31-,32?,36-/m1/s1. The van der Waals surface area contributed by atoms with E-state index in [0.29, 0.717) is 0 Å². The molecule has 1 aromatic heterocycles. The molecule has 6 rings (SSSR count). The Hall–Kier alpha value is -5.44. The van der Waals surface area contributed by atoms with Gasteiger partial charge < -0.3 is 24.4 Å². The van der Waals surface area contributed by atoms with E-state index in [0.717, 1.165) is 28.0 Å². The van der Waals surface area contributed by atoms with Crippen molar-refractivity contribution < 1.29 is 38.2 Å². The van der Waals surface area contributed by atoms with Crippen LogP contribution in [0.3, 0.4) is 0 Å². The highest BCUT2D eigenvalue weighted by Gasteiger charge is 2.56. The van der Waals surface area contributed by atoms with E-state index >= 15 is 0 Å². The minimum absolute atomic E-state index is 0.0321. The lowest BCUT2D eigenvalue weighted by Gasteiger charge is -2.51. The molecule has 3 amide bonds. The van der Waals surface area contributed by atoms with Gasteiger partial charge in [0, 0.05) is 5.38 Å². The summed E-state index contributed by atoms with van der Waals surface area (Å²) >= 11 is 8.78. The lowest BCUT2D eigenvalue weighted by Crippen LogP contribution is -2.73. The summed E-state index contributed by atoms with van der Waals surface area (Å²) in [4.78, 5) is 72.3. The second kappa shape index (κ2) is 17.4. The third-order valence-corrected chi connectivity index (χ3v) is 10.6. The van der Waals surface area contributed by atoms with Crippen molar-refractivity contribution in [3.05, 3.63) is 135 Å². The molecule has 3 heterocycles. The van der Waals surface area contributed by atoms with Gasteiger partial charge in [-0.15, -0.1) is 23.1 Å². The molecule has 2 N–H and O–H groups in total. The van der Waals surface area contributed by atoms with Crippen LogP contribution in [0.1, 0.15) is 55.7 Å². The summed E-state index contributed by atoms with van der Waals surface area (Å²) in [5, 5.41) is 7.95. The number of benzene rings is 3. The van der Waals surface area contributed by atoms with E-state index < -0.39 is 59.0 Å². The number of carbonyl (C=O) groups excluding carboxylic acids is 5. The van der Waals surface area contributed by atoms with Gasteiger partial charge in [0.15, 0.2) is 17.3 Å². The molecule has 1 unspecified atom stereocenters. The number of hydrogen-bond acceptors (Lipinski definition) is 11. The highest BCUT2D eigenvalue weighted by molar-refractivity contribution is 8.03. The number of carbonyl (C=O) groups is 5. The van der Waals surface area contributed by atoms with E-state index in [1.807, 2.05) is 91.0 Å². The van der Waals surface area contributed by atoms with E-state index in [1.54, 1.807) is 26.2 Å². The number of ether oxygens (including phenoxy) is 3. The zero-order valence-corrected chi connectivity index (χ0v) is 32.4. The fraction of sp³-hybridized carbons (Fsp3) is 0.250. The topological polar surface area (TPSA) is 153 Å². The maximum atomic E-state index is 13.9. The Labute approximate surface area is 330 Å². The molecule has 15 heteroatoms. The molecule has 0 spiro atoms. The first-order valence-corrected chi connectivity index (χ1v) is 19.4. The van der Waals surface area contributed by atoms with Crippen LogP contribution in [0.4, 0.5) is 9.93 Å². The number of thioether (sulfide) groups is 1. The molecule has 2 aliphatic rings. The lowest BCUT2D eigenvalue weighted by molar-refractivity contribution is -0.164. The molecule has 0 aliphatic carbocycles. The second-order valence-electron chi connectivity index (χ2n) is 13.4. The van der Waals surface area contributed by atoms with Crippen LogP contribution < -0.4 is 10.6 Å². The Morgan fingerprint density at radius 3 is 2.18 bits per heavy atom. The molecule has 1 saturated heterocycles. The molecule has 4 aromatic rings. The molecular formula is C40H37ClN4O8S2. The Morgan fingerprint density at radius 1 is 0.945 bits per heavy atom. The molecule has 284 valence electrons. The number of nitrogens with zero attached hydrogens (tertiary/aromatic N) is 2. The van der Waals surface area contributed by atoms with Crippen molar-refractivity contribution in [3.8, 4) is 0 Å². The van der Waals surface area contributed by atoms with Gasteiger partial charge >= 0.3 is 18.0 Å². The summed E-state index contributed by atoms with van der Waals surface area (Å²) in [7, 11) is 0. The number of halogens is 1. The third-order valence-electron chi connectivity index (χ3n) is 8.24. The van der Waals surface area contributed by atoms with Crippen molar-refractivity contribution in [2.45, 2.75) is 63.0 Å². The molecule has 0 radical (unpaired) electrons. The SMILES string of the molecule is CC(C)(C)OC(=O)Nc1nc(/C(=C\CC(=O)OCc2ccccc2)C(=O)N[C@@H]2C(=O)N3C(C(=O)OC(c4ccccc4)c4ccccc4)C(Cl)=CS[C@H]23)cs1. The monoisotopic (exact) mass is 800 g/mol. The fourth-order valence-corrected chi connectivity index (χ4v) is 7.86. The van der Waals surface area contributed by atoms with Crippen LogP contribution in [0.25, 0.3) is 5.57 Å². The molecule has 12 nitrogen and oxygen atoms in total. The highest BCUT2D eigenvalue weighted by Crippen LogP contribution is 2.42. The minimum atomic E-state index is -1.24. The van der Waals surface area contributed by atoms with Gasteiger partial charge in [-0.1, -0.05) is 109 Å². The lowest BCUT2D eigenvalue weighted by atomic mass is 10.00. The Bertz CT molecular complexity index is 2070. The summed E-state index contributed by atoms with van der Waals surface area (Å²) in [6, 6.07) is 25.3. The molecule has 0 bridgehead atoms. The van der Waals surface area contributed by atoms with Crippen molar-refractivity contribution in [1.29, 1.82) is 0 Å². The number of esters is 2. The van der Waals surface area contributed by atoms with E-state index in [1.165, 1.54) is 28.1 Å². The molecule has 2 aliphatic heterocycles. The molecule has 55 heavy (non-hydrogen) atoms. The van der Waals surface area contributed by atoms with Crippen LogP contribution in [0.5, 0.6) is 0 Å². The number of fused-ring (bicyclic) bond motifs is 1. The third kappa shape index (κ3) is 9.82. The predicted octanol–water partition coefficient (Wildman–Crippen LogP) is 7.19. The average molecular weight is 801 g/mol. The van der Waals surface area contributed by atoms with Gasteiger partial charge in [0.05, 0.1) is 22.7 Å². The number of nitrogens with one attached hydrogen (secondary N) is 2. The van der Waals surface area contributed by atoms with Gasteiger partial charge in [-0.2, -0.15) is 0 Å². The van der Waals surface area contributed by atoms with Gasteiger partial charge in [-0.3, -0.25) is 19.7 Å². The van der Waals surface area contributed by atoms with Crippen LogP contribution in [0.15, 0.2) is 113 Å². The number of aromatic nitrogens is 1. The van der Waals surface area contributed by atoms with Crippen LogP contribution in [0.2, 0.25) is 0 Å². The first-order chi connectivity index (χ1) is 26.4. The summed E-state index contributed by atoms with van der Waals surface area (Å²) in [6.45, 7) is 5.20. The number of amides is 3. The summed E-state index contributed by atoms with van der Waals surface area (Å²) < 4.78 is 16.8. The van der Waals surface area contributed by atoms with Crippen molar-refractivity contribution in [3.63, 3.8) is 0 Å². The number of hydrogen-bond donors (Lipinski definition) is 2. The van der Waals surface area contributed by atoms with Crippen molar-refractivity contribution in [2.24, 2.45) is 0 Å². The van der Waals surface area contributed by atoms with Gasteiger partial charge in [0.1, 0.15) is 23.6 Å². The fourth-order valence-electron chi connectivity index (χ4n) is 5.72. The molecular weight excluding hydrogens is 764 g/mol. The van der Waals surface area contributed by atoms with E-state index in [-0.39, 0.29) is 34.5 Å². The van der Waals surface area contributed by atoms with E-state index in [4.69, 9.17) is 25.8 Å². The summed E-state index contributed by atoms with van der Waals surface area (Å²) in [6.07, 6.45) is -0.435. The van der Waals surface area contributed by atoms with Gasteiger partial charge in [-0.05, 0) is 42.9 Å². The number of thiazole rings is 1. The van der Waals surface area contributed by atoms with Crippen LogP contribution in [0, 0.1) is 0 Å². The van der Waals surface area contributed by atoms with Crippen LogP contribution >= 0.6 is 34.7 Å². The summed E-state index contributed by atoms with van der Waals surface area (Å²) in [5.74, 6) is -2.60. The first-order valence-electron chi connectivity index (χ1n) is 17.2. The maximum Gasteiger partial charge on any atom is 0.413 e. The Kier molecular flexibility index (Phi) is 12.4.